The van der Waals surface area contributed by atoms with E-state index in [2.05, 4.69) is 5.32 Å². The molecule has 1 aliphatic carbocycles. The molecule has 1 saturated heterocycles. The van der Waals surface area contributed by atoms with Crippen molar-refractivity contribution in [1.29, 1.82) is 0 Å². The van der Waals surface area contributed by atoms with E-state index in [4.69, 9.17) is 9.47 Å². The minimum atomic E-state index is -0.222. The van der Waals surface area contributed by atoms with E-state index < -0.39 is 0 Å². The van der Waals surface area contributed by atoms with E-state index in [9.17, 15) is 4.39 Å². The van der Waals surface area contributed by atoms with E-state index in [-0.39, 0.29) is 17.5 Å². The largest absolute Gasteiger partial charge is 0.497 e. The number of nitrogens with one attached hydrogen (secondary N) is 1. The highest BCUT2D eigenvalue weighted by Gasteiger charge is 2.38. The smallest absolute Gasteiger partial charge is 0.146 e. The van der Waals surface area contributed by atoms with Gasteiger partial charge in [0.2, 0.25) is 0 Å². The summed E-state index contributed by atoms with van der Waals surface area (Å²) < 4.78 is 25.2. The van der Waals surface area contributed by atoms with Gasteiger partial charge in [-0.15, -0.1) is 0 Å². The minimum absolute atomic E-state index is 0.0313. The number of benzene rings is 1. The number of hydrogen-bond donors (Lipinski definition) is 1. The average Bonchev–Trinajstić information content (AvgIpc) is 2.50. The lowest BCUT2D eigenvalue weighted by molar-refractivity contribution is -0.103. The lowest BCUT2D eigenvalue weighted by Crippen LogP contribution is -2.45. The van der Waals surface area contributed by atoms with Gasteiger partial charge >= 0.3 is 0 Å². The molecule has 116 valence electrons. The third-order valence-corrected chi connectivity index (χ3v) is 4.79. The summed E-state index contributed by atoms with van der Waals surface area (Å²) in [4.78, 5) is 0. The van der Waals surface area contributed by atoms with Crippen LogP contribution in [0.1, 0.15) is 44.9 Å². The normalized spacial score (nSPS) is 24.8. The van der Waals surface area contributed by atoms with Crippen LogP contribution in [0.2, 0.25) is 0 Å². The van der Waals surface area contributed by atoms with Crippen LogP contribution in [0.4, 0.5) is 10.1 Å². The summed E-state index contributed by atoms with van der Waals surface area (Å²) in [6.07, 6.45) is 8.01. The summed E-state index contributed by atoms with van der Waals surface area (Å²) in [7, 11) is 1.60. The maximum atomic E-state index is 13.9. The standard InChI is InChI=1S/C17H24FNO2/c1-20-14-5-6-15(18)16(11-14)19-13-7-10-21-17(12-13)8-3-2-4-9-17/h5-6,11,13,19H,2-4,7-10,12H2,1H3. The van der Waals surface area contributed by atoms with E-state index in [1.807, 2.05) is 0 Å². The Morgan fingerprint density at radius 2 is 2.10 bits per heavy atom. The Bertz CT molecular complexity index is 480. The first kappa shape index (κ1) is 14.6. The number of hydrogen-bond acceptors (Lipinski definition) is 3. The van der Waals surface area contributed by atoms with Gasteiger partial charge in [0.1, 0.15) is 11.6 Å². The van der Waals surface area contributed by atoms with Crippen molar-refractivity contribution in [3.8, 4) is 5.75 Å². The summed E-state index contributed by atoms with van der Waals surface area (Å²) in [5, 5.41) is 3.36. The van der Waals surface area contributed by atoms with Crippen LogP contribution in [0.25, 0.3) is 0 Å². The molecule has 1 atom stereocenters. The van der Waals surface area contributed by atoms with Gasteiger partial charge in [0, 0.05) is 18.7 Å². The van der Waals surface area contributed by atoms with Gasteiger partial charge in [0.25, 0.3) is 0 Å². The van der Waals surface area contributed by atoms with E-state index in [1.165, 1.54) is 25.3 Å². The Balaban J connectivity index is 1.69. The van der Waals surface area contributed by atoms with Crippen LogP contribution >= 0.6 is 0 Å². The molecule has 2 fully saturated rings. The molecule has 3 rings (SSSR count). The van der Waals surface area contributed by atoms with Crippen molar-refractivity contribution in [2.24, 2.45) is 0 Å². The van der Waals surface area contributed by atoms with Crippen LogP contribution in [0, 0.1) is 5.82 Å². The van der Waals surface area contributed by atoms with Gasteiger partial charge in [-0.25, -0.2) is 4.39 Å². The van der Waals surface area contributed by atoms with Crippen molar-refractivity contribution in [2.75, 3.05) is 19.0 Å². The van der Waals surface area contributed by atoms with Gasteiger partial charge in [-0.3, -0.25) is 0 Å². The number of anilines is 1. The fourth-order valence-electron chi connectivity index (χ4n) is 3.66. The van der Waals surface area contributed by atoms with Crippen LogP contribution in [0.3, 0.4) is 0 Å². The molecule has 1 aliphatic heterocycles. The zero-order valence-electron chi connectivity index (χ0n) is 12.7. The summed E-state index contributed by atoms with van der Waals surface area (Å²) >= 11 is 0. The molecule has 0 radical (unpaired) electrons. The highest BCUT2D eigenvalue weighted by atomic mass is 19.1. The summed E-state index contributed by atoms with van der Waals surface area (Å²) in [5.74, 6) is 0.457. The Kier molecular flexibility index (Phi) is 4.34. The maximum Gasteiger partial charge on any atom is 0.146 e. The first-order valence-electron chi connectivity index (χ1n) is 7.95. The first-order chi connectivity index (χ1) is 10.2. The van der Waals surface area contributed by atoms with Gasteiger partial charge in [-0.05, 0) is 37.8 Å². The molecule has 1 heterocycles. The molecule has 1 spiro atoms. The van der Waals surface area contributed by atoms with Crippen molar-refractivity contribution in [2.45, 2.75) is 56.6 Å². The Morgan fingerprint density at radius 1 is 1.29 bits per heavy atom. The van der Waals surface area contributed by atoms with Crippen molar-refractivity contribution in [3.05, 3.63) is 24.0 Å². The molecule has 1 N–H and O–H groups in total. The molecule has 0 aromatic heterocycles. The summed E-state index contributed by atoms with van der Waals surface area (Å²) in [6, 6.07) is 5.11. The van der Waals surface area contributed by atoms with Crippen LogP contribution in [-0.4, -0.2) is 25.4 Å². The lowest BCUT2D eigenvalue weighted by atomic mass is 9.78. The predicted molar refractivity (Wildman–Crippen MR) is 81.4 cm³/mol. The monoisotopic (exact) mass is 293 g/mol. The van der Waals surface area contributed by atoms with Crippen LogP contribution in [0.15, 0.2) is 18.2 Å². The van der Waals surface area contributed by atoms with Crippen LogP contribution in [-0.2, 0) is 4.74 Å². The molecule has 1 saturated carbocycles. The highest BCUT2D eigenvalue weighted by molar-refractivity contribution is 5.50. The Hall–Kier alpha value is -1.29. The molecule has 4 heteroatoms. The predicted octanol–water partition coefficient (Wildman–Crippen LogP) is 4.13. The van der Waals surface area contributed by atoms with E-state index >= 15 is 0 Å². The van der Waals surface area contributed by atoms with Gasteiger partial charge in [-0.1, -0.05) is 19.3 Å². The third kappa shape index (κ3) is 3.31. The Labute approximate surface area is 125 Å². The molecule has 21 heavy (non-hydrogen) atoms. The zero-order chi connectivity index (χ0) is 14.7. The second kappa shape index (κ2) is 6.22. The number of methoxy groups -OCH3 is 1. The van der Waals surface area contributed by atoms with Crippen molar-refractivity contribution in [3.63, 3.8) is 0 Å². The SMILES string of the molecule is COc1ccc(F)c(NC2CCOC3(CCCCC3)C2)c1. The van der Waals surface area contributed by atoms with Gasteiger partial charge < -0.3 is 14.8 Å². The van der Waals surface area contributed by atoms with Crippen LogP contribution in [0.5, 0.6) is 5.75 Å². The van der Waals surface area contributed by atoms with Crippen molar-refractivity contribution in [1.82, 2.24) is 0 Å². The molecule has 1 unspecified atom stereocenters. The van der Waals surface area contributed by atoms with E-state index in [0.29, 0.717) is 11.4 Å². The molecule has 1 aromatic rings. The van der Waals surface area contributed by atoms with Crippen LogP contribution < -0.4 is 10.1 Å². The fraction of sp³-hybridized carbons (Fsp3) is 0.647. The lowest BCUT2D eigenvalue weighted by Gasteiger charge is -2.44. The highest BCUT2D eigenvalue weighted by Crippen LogP contribution is 2.39. The molecule has 0 amide bonds. The second-order valence-corrected chi connectivity index (χ2v) is 6.27. The topological polar surface area (TPSA) is 30.5 Å². The minimum Gasteiger partial charge on any atom is -0.497 e. The zero-order valence-corrected chi connectivity index (χ0v) is 12.7. The number of halogens is 1. The summed E-state index contributed by atoms with van der Waals surface area (Å²) in [5.41, 5.74) is 0.566. The van der Waals surface area contributed by atoms with Gasteiger partial charge in [0.05, 0.1) is 18.4 Å². The average molecular weight is 293 g/mol. The molecule has 2 aliphatic rings. The summed E-state index contributed by atoms with van der Waals surface area (Å²) in [6.45, 7) is 0.767. The van der Waals surface area contributed by atoms with Gasteiger partial charge in [0.15, 0.2) is 0 Å². The third-order valence-electron chi connectivity index (χ3n) is 4.79. The van der Waals surface area contributed by atoms with Crippen molar-refractivity contribution >= 4 is 5.69 Å². The number of ether oxygens (including phenoxy) is 2. The molecular formula is C17H24FNO2. The maximum absolute atomic E-state index is 13.9. The fourth-order valence-corrected chi connectivity index (χ4v) is 3.66. The Morgan fingerprint density at radius 3 is 2.86 bits per heavy atom. The quantitative estimate of drug-likeness (QED) is 0.909. The molecule has 0 bridgehead atoms. The molecular weight excluding hydrogens is 269 g/mol. The van der Waals surface area contributed by atoms with Gasteiger partial charge in [-0.2, -0.15) is 0 Å². The van der Waals surface area contributed by atoms with E-state index in [0.717, 1.165) is 32.3 Å². The van der Waals surface area contributed by atoms with E-state index in [1.54, 1.807) is 19.2 Å². The second-order valence-electron chi connectivity index (χ2n) is 6.27. The number of rotatable bonds is 3. The van der Waals surface area contributed by atoms with Crippen molar-refractivity contribution < 1.29 is 13.9 Å². The molecule has 1 aromatic carbocycles. The first-order valence-corrected chi connectivity index (χ1v) is 7.95. The molecule has 3 nitrogen and oxygen atoms in total.